The van der Waals surface area contributed by atoms with Crippen LogP contribution in [0.15, 0.2) is 0 Å². The molecule has 3 atom stereocenters. The van der Waals surface area contributed by atoms with Crippen LogP contribution in [0.5, 0.6) is 0 Å². The van der Waals surface area contributed by atoms with Gasteiger partial charge in [0, 0.05) is 13.1 Å². The lowest BCUT2D eigenvalue weighted by Gasteiger charge is -2.32. The quantitative estimate of drug-likeness (QED) is 0.346. The smallest absolute Gasteiger partial charge is 0.426 e. The van der Waals surface area contributed by atoms with Crippen molar-refractivity contribution in [2.24, 2.45) is 11.7 Å². The first kappa shape index (κ1) is 23.4. The molecule has 0 bridgehead atoms. The van der Waals surface area contributed by atoms with Gasteiger partial charge in [-0.1, -0.05) is 27.2 Å². The summed E-state index contributed by atoms with van der Waals surface area (Å²) in [5, 5.41) is 21.8. The minimum Gasteiger partial charge on any atom is -0.426 e. The van der Waals surface area contributed by atoms with Crippen LogP contribution in [0, 0.1) is 5.92 Å². The van der Waals surface area contributed by atoms with Crippen molar-refractivity contribution in [3.8, 4) is 0 Å². The number of hydrogen-bond acceptors (Lipinski definition) is 6. The van der Waals surface area contributed by atoms with E-state index >= 15 is 0 Å². The largest absolute Gasteiger partial charge is 0.475 e. The SMILES string of the molecule is CCCN(CC(=O)N[C@H](C(=O)N1CCC[C@H]1B(O)O)C(C)CC)C(=O)CN. The van der Waals surface area contributed by atoms with E-state index in [1.54, 1.807) is 0 Å². The molecule has 9 nitrogen and oxygen atoms in total. The lowest BCUT2D eigenvalue weighted by atomic mass is 9.77. The summed E-state index contributed by atoms with van der Waals surface area (Å²) in [7, 11) is -1.60. The van der Waals surface area contributed by atoms with E-state index < -0.39 is 25.0 Å². The molecular formula is C17H33BN4O5. The third-order valence-electron chi connectivity index (χ3n) is 5.08. The Morgan fingerprint density at radius 2 is 2.00 bits per heavy atom. The van der Waals surface area contributed by atoms with E-state index in [-0.39, 0.29) is 30.8 Å². The minimum atomic E-state index is -1.60. The fourth-order valence-electron chi connectivity index (χ4n) is 3.32. The fraction of sp³-hybridized carbons (Fsp3) is 0.824. The normalized spacial score (nSPS) is 18.7. The molecule has 154 valence electrons. The van der Waals surface area contributed by atoms with Gasteiger partial charge in [0.25, 0.3) is 0 Å². The average Bonchev–Trinajstić information content (AvgIpc) is 3.14. The second kappa shape index (κ2) is 11.3. The van der Waals surface area contributed by atoms with Gasteiger partial charge in [0.15, 0.2) is 0 Å². The summed E-state index contributed by atoms with van der Waals surface area (Å²) in [5.74, 6) is -1.86. The molecule has 0 saturated carbocycles. The number of rotatable bonds is 10. The zero-order chi connectivity index (χ0) is 20.6. The Bertz CT molecular complexity index is 520. The Kier molecular flexibility index (Phi) is 9.75. The molecule has 0 aliphatic carbocycles. The minimum absolute atomic E-state index is 0.136. The molecule has 0 aromatic rings. The predicted molar refractivity (Wildman–Crippen MR) is 102 cm³/mol. The summed E-state index contributed by atoms with van der Waals surface area (Å²) in [5.41, 5.74) is 5.39. The van der Waals surface area contributed by atoms with Crippen LogP contribution in [0.1, 0.15) is 46.5 Å². The van der Waals surface area contributed by atoms with E-state index in [1.165, 1.54) is 9.80 Å². The number of hydrogen-bond donors (Lipinski definition) is 4. The van der Waals surface area contributed by atoms with Gasteiger partial charge in [-0.25, -0.2) is 0 Å². The maximum atomic E-state index is 13.0. The molecule has 10 heteroatoms. The Labute approximate surface area is 161 Å². The van der Waals surface area contributed by atoms with Crippen molar-refractivity contribution in [1.82, 2.24) is 15.1 Å². The predicted octanol–water partition coefficient (Wildman–Crippen LogP) is -1.28. The van der Waals surface area contributed by atoms with Gasteiger partial charge in [-0.05, 0) is 25.2 Å². The second-order valence-electron chi connectivity index (χ2n) is 7.10. The van der Waals surface area contributed by atoms with E-state index in [0.717, 1.165) is 0 Å². The van der Waals surface area contributed by atoms with Gasteiger partial charge >= 0.3 is 7.12 Å². The fourth-order valence-corrected chi connectivity index (χ4v) is 3.32. The van der Waals surface area contributed by atoms with Crippen LogP contribution in [-0.2, 0) is 14.4 Å². The molecule has 1 fully saturated rings. The monoisotopic (exact) mass is 384 g/mol. The van der Waals surface area contributed by atoms with Gasteiger partial charge in [-0.2, -0.15) is 0 Å². The maximum absolute atomic E-state index is 13.0. The number of carbonyl (C=O) groups is 3. The van der Waals surface area contributed by atoms with Gasteiger partial charge in [0.05, 0.1) is 19.0 Å². The average molecular weight is 384 g/mol. The number of amides is 3. The Hall–Kier alpha value is -1.65. The van der Waals surface area contributed by atoms with Crippen LogP contribution in [0.2, 0.25) is 0 Å². The van der Waals surface area contributed by atoms with E-state index in [9.17, 15) is 24.4 Å². The van der Waals surface area contributed by atoms with Crippen molar-refractivity contribution in [2.75, 3.05) is 26.2 Å². The lowest BCUT2D eigenvalue weighted by Crippen LogP contribution is -2.57. The van der Waals surface area contributed by atoms with Crippen LogP contribution in [-0.4, -0.2) is 82.8 Å². The highest BCUT2D eigenvalue weighted by molar-refractivity contribution is 6.43. The van der Waals surface area contributed by atoms with Crippen LogP contribution < -0.4 is 11.1 Å². The molecular weight excluding hydrogens is 351 g/mol. The van der Waals surface area contributed by atoms with E-state index in [4.69, 9.17) is 5.73 Å². The van der Waals surface area contributed by atoms with E-state index in [2.05, 4.69) is 5.32 Å². The summed E-state index contributed by atoms with van der Waals surface area (Å²) >= 11 is 0. The highest BCUT2D eigenvalue weighted by atomic mass is 16.4. The van der Waals surface area contributed by atoms with Crippen LogP contribution in [0.4, 0.5) is 0 Å². The van der Waals surface area contributed by atoms with Crippen LogP contribution in [0.25, 0.3) is 0 Å². The van der Waals surface area contributed by atoms with Crippen molar-refractivity contribution in [3.63, 3.8) is 0 Å². The zero-order valence-corrected chi connectivity index (χ0v) is 16.6. The van der Waals surface area contributed by atoms with E-state index in [0.29, 0.717) is 38.8 Å². The third kappa shape index (κ3) is 6.48. The second-order valence-corrected chi connectivity index (χ2v) is 7.10. The molecule has 5 N–H and O–H groups in total. The van der Waals surface area contributed by atoms with Crippen molar-refractivity contribution < 1.29 is 24.4 Å². The summed E-state index contributed by atoms with van der Waals surface area (Å²) in [6, 6.07) is -0.779. The van der Waals surface area contributed by atoms with Gasteiger partial charge in [0.1, 0.15) is 6.04 Å². The first-order chi connectivity index (χ1) is 12.8. The highest BCUT2D eigenvalue weighted by Crippen LogP contribution is 2.21. The number of likely N-dealkylation sites (tertiary alicyclic amines) is 1. The van der Waals surface area contributed by atoms with Gasteiger partial charge in [-0.15, -0.1) is 0 Å². The Morgan fingerprint density at radius 1 is 1.33 bits per heavy atom. The molecule has 0 radical (unpaired) electrons. The summed E-state index contributed by atoms with van der Waals surface area (Å²) < 4.78 is 0. The van der Waals surface area contributed by atoms with Crippen LogP contribution in [0.3, 0.4) is 0 Å². The van der Waals surface area contributed by atoms with Crippen molar-refractivity contribution in [3.05, 3.63) is 0 Å². The van der Waals surface area contributed by atoms with Crippen LogP contribution >= 0.6 is 0 Å². The standard InChI is InChI=1S/C17H33BN4O5/c1-4-8-21(15(24)10-19)11-14(23)20-16(12(3)5-2)17(25)22-9-6-7-13(22)18(26)27/h12-13,16,26-27H,4-11,19H2,1-3H3,(H,20,23)/t12?,13-,16-/m0/s1. The molecule has 1 aliphatic rings. The topological polar surface area (TPSA) is 136 Å². The van der Waals surface area contributed by atoms with Crippen molar-refractivity contribution >= 4 is 24.8 Å². The maximum Gasteiger partial charge on any atom is 0.475 e. The molecule has 0 aromatic carbocycles. The molecule has 1 rings (SSSR count). The van der Waals surface area contributed by atoms with Gasteiger partial charge < -0.3 is 30.9 Å². The Morgan fingerprint density at radius 3 is 2.52 bits per heavy atom. The summed E-state index contributed by atoms with van der Waals surface area (Å²) in [6.45, 7) is 6.18. The Balaban J connectivity index is 2.86. The molecule has 1 saturated heterocycles. The van der Waals surface area contributed by atoms with Crippen molar-refractivity contribution in [1.29, 1.82) is 0 Å². The first-order valence-electron chi connectivity index (χ1n) is 9.70. The van der Waals surface area contributed by atoms with E-state index in [1.807, 2.05) is 20.8 Å². The van der Waals surface area contributed by atoms with Gasteiger partial charge in [-0.3, -0.25) is 14.4 Å². The van der Waals surface area contributed by atoms with Crippen molar-refractivity contribution in [2.45, 2.75) is 58.4 Å². The molecule has 3 amide bonds. The molecule has 1 unspecified atom stereocenters. The number of nitrogens with zero attached hydrogens (tertiary/aromatic N) is 2. The lowest BCUT2D eigenvalue weighted by molar-refractivity contribution is -0.139. The third-order valence-corrected chi connectivity index (χ3v) is 5.08. The zero-order valence-electron chi connectivity index (χ0n) is 16.6. The number of carbonyl (C=O) groups excluding carboxylic acids is 3. The molecule has 1 heterocycles. The first-order valence-corrected chi connectivity index (χ1v) is 9.70. The molecule has 0 aromatic heterocycles. The number of nitrogens with one attached hydrogen (secondary N) is 1. The summed E-state index contributed by atoms with van der Waals surface area (Å²) in [4.78, 5) is 40.2. The van der Waals surface area contributed by atoms with Gasteiger partial charge in [0.2, 0.25) is 17.7 Å². The summed E-state index contributed by atoms with van der Waals surface area (Å²) in [6.07, 6.45) is 2.55. The molecule has 0 spiro atoms. The number of nitrogens with two attached hydrogens (primary N) is 1. The molecule has 1 aliphatic heterocycles. The highest BCUT2D eigenvalue weighted by Gasteiger charge is 2.40. The molecule has 27 heavy (non-hydrogen) atoms.